The molecule has 7 nitrogen and oxygen atoms in total. The molecule has 39 heavy (non-hydrogen) atoms. The van der Waals surface area contributed by atoms with E-state index < -0.39 is 5.41 Å². The molecule has 3 heterocycles. The van der Waals surface area contributed by atoms with Gasteiger partial charge in [0.25, 0.3) is 0 Å². The Balaban J connectivity index is 1.28. The maximum atomic E-state index is 12.7. The fraction of sp³-hybridized carbons (Fsp3) is 0.419. The van der Waals surface area contributed by atoms with Gasteiger partial charge in [0.05, 0.1) is 35.9 Å². The van der Waals surface area contributed by atoms with E-state index in [4.69, 9.17) is 30.8 Å². The summed E-state index contributed by atoms with van der Waals surface area (Å²) in [6, 6.07) is 16.0. The lowest BCUT2D eigenvalue weighted by Gasteiger charge is -2.31. The molecule has 3 aromatic rings. The summed E-state index contributed by atoms with van der Waals surface area (Å²) in [6.07, 6.45) is 1.85. The van der Waals surface area contributed by atoms with Crippen molar-refractivity contribution in [2.75, 3.05) is 38.8 Å². The first-order chi connectivity index (χ1) is 19.0. The van der Waals surface area contributed by atoms with Crippen LogP contribution < -0.4 is 15.0 Å². The molecule has 2 aliphatic heterocycles. The number of pyridine rings is 1. The summed E-state index contributed by atoms with van der Waals surface area (Å²) in [5.41, 5.74) is 6.28. The third-order valence-corrected chi connectivity index (χ3v) is 8.88. The number of aromatic nitrogens is 1. The second kappa shape index (κ2) is 10.5. The maximum absolute atomic E-state index is 12.7. The Morgan fingerprint density at radius 2 is 2.05 bits per heavy atom. The lowest BCUT2D eigenvalue weighted by molar-refractivity contribution is -0.148. The van der Waals surface area contributed by atoms with E-state index in [-0.39, 0.29) is 17.9 Å². The Morgan fingerprint density at radius 1 is 1.21 bits per heavy atom. The van der Waals surface area contributed by atoms with Gasteiger partial charge in [-0.3, -0.25) is 4.79 Å². The van der Waals surface area contributed by atoms with Crippen LogP contribution in [-0.2, 0) is 33.8 Å². The van der Waals surface area contributed by atoms with Crippen molar-refractivity contribution in [3.8, 4) is 17.0 Å². The van der Waals surface area contributed by atoms with Crippen LogP contribution in [0.3, 0.4) is 0 Å². The number of nitrogens with zero attached hydrogens (tertiary/aromatic N) is 2. The molecule has 3 aliphatic rings. The first kappa shape index (κ1) is 26.1. The molecule has 1 saturated heterocycles. The number of methoxy groups -OCH3 is 2. The second-order valence-electron chi connectivity index (χ2n) is 10.8. The van der Waals surface area contributed by atoms with Crippen molar-refractivity contribution in [2.24, 2.45) is 11.3 Å². The largest absolute Gasteiger partial charge is 0.487 e. The number of esters is 1. The van der Waals surface area contributed by atoms with Crippen LogP contribution in [0.2, 0.25) is 5.02 Å². The molecule has 2 aromatic carbocycles. The van der Waals surface area contributed by atoms with Crippen molar-refractivity contribution in [2.45, 2.75) is 39.0 Å². The number of piperidine rings is 1. The molecular weight excluding hydrogens is 514 g/mol. The molecule has 6 rings (SSSR count). The third-order valence-electron chi connectivity index (χ3n) is 8.58. The van der Waals surface area contributed by atoms with E-state index in [1.165, 1.54) is 23.8 Å². The van der Waals surface area contributed by atoms with E-state index in [1.807, 2.05) is 36.4 Å². The van der Waals surface area contributed by atoms with E-state index in [2.05, 4.69) is 29.3 Å². The van der Waals surface area contributed by atoms with Crippen molar-refractivity contribution >= 4 is 23.4 Å². The number of hydrogen-bond donors (Lipinski definition) is 1. The van der Waals surface area contributed by atoms with Crippen LogP contribution in [0.4, 0.5) is 5.82 Å². The lowest BCUT2D eigenvalue weighted by atomic mass is 9.94. The first-order valence-electron chi connectivity index (χ1n) is 13.5. The van der Waals surface area contributed by atoms with Gasteiger partial charge in [0.1, 0.15) is 18.2 Å². The maximum Gasteiger partial charge on any atom is 0.314 e. The number of para-hydroxylation sites is 1. The summed E-state index contributed by atoms with van der Waals surface area (Å²) < 4.78 is 17.1. The molecule has 204 valence electrons. The summed E-state index contributed by atoms with van der Waals surface area (Å²) in [7, 11) is 3.13. The molecule has 1 aromatic heterocycles. The number of fused-ring (bicyclic) bond motifs is 2. The van der Waals surface area contributed by atoms with Crippen LogP contribution in [0, 0.1) is 18.3 Å². The van der Waals surface area contributed by atoms with Gasteiger partial charge in [0, 0.05) is 25.8 Å². The van der Waals surface area contributed by atoms with Gasteiger partial charge < -0.3 is 24.4 Å². The standard InChI is InChI=1S/C31H34ClN3O4/c1-19-12-20(13-21-10-11-33-15-24(19)21)17-39-29-23(6-4-7-25(29)32)26-8-5-9-28(34-26)35-16-22-14-31(22,30(36)38-3)27(35)18-37-2/h4-9,12-13,22,27,33H,10-11,14-18H2,1-3H3/t22-,27+,31+/m0/s1. The molecule has 1 saturated carbocycles. The minimum atomic E-state index is -0.518. The highest BCUT2D eigenvalue weighted by molar-refractivity contribution is 6.32. The highest BCUT2D eigenvalue weighted by atomic mass is 35.5. The Bertz CT molecular complexity index is 1410. The molecule has 0 radical (unpaired) electrons. The zero-order chi connectivity index (χ0) is 27.1. The lowest BCUT2D eigenvalue weighted by Crippen LogP contribution is -2.44. The van der Waals surface area contributed by atoms with E-state index in [0.29, 0.717) is 24.0 Å². The van der Waals surface area contributed by atoms with Crippen LogP contribution in [0.5, 0.6) is 5.75 Å². The van der Waals surface area contributed by atoms with Gasteiger partial charge in [-0.15, -0.1) is 0 Å². The number of anilines is 1. The summed E-state index contributed by atoms with van der Waals surface area (Å²) in [5.74, 6) is 1.50. The predicted octanol–water partition coefficient (Wildman–Crippen LogP) is 4.95. The van der Waals surface area contributed by atoms with Gasteiger partial charge in [0.2, 0.25) is 0 Å². The molecule has 1 aliphatic carbocycles. The molecule has 0 amide bonds. The molecule has 8 heteroatoms. The highest BCUT2D eigenvalue weighted by Crippen LogP contribution is 2.62. The van der Waals surface area contributed by atoms with Crippen LogP contribution >= 0.6 is 11.6 Å². The number of halogens is 1. The van der Waals surface area contributed by atoms with Crippen LogP contribution in [0.25, 0.3) is 11.3 Å². The zero-order valence-electron chi connectivity index (χ0n) is 22.6. The minimum Gasteiger partial charge on any atom is -0.487 e. The Kier molecular flexibility index (Phi) is 7.00. The van der Waals surface area contributed by atoms with Crippen LogP contribution in [-0.4, -0.2) is 50.9 Å². The van der Waals surface area contributed by atoms with E-state index >= 15 is 0 Å². The summed E-state index contributed by atoms with van der Waals surface area (Å²) in [5, 5.41) is 4.00. The zero-order valence-corrected chi connectivity index (χ0v) is 23.4. The van der Waals surface area contributed by atoms with Crippen molar-refractivity contribution in [3.05, 3.63) is 75.8 Å². The van der Waals surface area contributed by atoms with E-state index in [9.17, 15) is 4.79 Å². The number of benzene rings is 2. The second-order valence-corrected chi connectivity index (χ2v) is 11.2. The molecule has 0 unspecified atom stereocenters. The van der Waals surface area contributed by atoms with Crippen LogP contribution in [0.15, 0.2) is 48.5 Å². The fourth-order valence-corrected chi connectivity index (χ4v) is 6.79. The van der Waals surface area contributed by atoms with Crippen molar-refractivity contribution in [3.63, 3.8) is 0 Å². The SMILES string of the molecule is COC[C@H]1N(c2cccc(-c3cccc(Cl)c3OCc3cc(C)c4c(c3)CCNC4)n2)C[C@@H]2C[C@@]21C(=O)OC. The van der Waals surface area contributed by atoms with Gasteiger partial charge in [-0.1, -0.05) is 35.9 Å². The number of carbonyl (C=O) groups excluding carboxylic acids is 1. The molecule has 1 N–H and O–H groups in total. The summed E-state index contributed by atoms with van der Waals surface area (Å²) >= 11 is 6.68. The first-order valence-corrected chi connectivity index (χ1v) is 13.9. The van der Waals surface area contributed by atoms with Gasteiger partial charge >= 0.3 is 5.97 Å². The van der Waals surface area contributed by atoms with E-state index in [0.717, 1.165) is 55.1 Å². The molecular formula is C31H34ClN3O4. The third kappa shape index (κ3) is 4.56. The number of rotatable bonds is 8. The van der Waals surface area contributed by atoms with Crippen molar-refractivity contribution in [1.82, 2.24) is 10.3 Å². The molecule has 0 spiro atoms. The molecule has 3 atom stereocenters. The van der Waals surface area contributed by atoms with Gasteiger partial charge in [-0.2, -0.15) is 0 Å². The van der Waals surface area contributed by atoms with Gasteiger partial charge in [-0.05, 0) is 78.7 Å². The number of aryl methyl sites for hydroxylation is 1. The van der Waals surface area contributed by atoms with Gasteiger partial charge in [-0.25, -0.2) is 4.98 Å². The average Bonchev–Trinajstić information content (AvgIpc) is 3.60. The number of hydrogen-bond acceptors (Lipinski definition) is 7. The Hall–Kier alpha value is -3.13. The Labute approximate surface area is 234 Å². The minimum absolute atomic E-state index is 0.125. The smallest absolute Gasteiger partial charge is 0.314 e. The van der Waals surface area contributed by atoms with Crippen LogP contribution in [0.1, 0.15) is 28.7 Å². The van der Waals surface area contributed by atoms with Crippen molar-refractivity contribution in [1.29, 1.82) is 0 Å². The fourth-order valence-electron chi connectivity index (χ4n) is 6.57. The Morgan fingerprint density at radius 3 is 2.87 bits per heavy atom. The van der Waals surface area contributed by atoms with E-state index in [1.54, 1.807) is 7.11 Å². The topological polar surface area (TPSA) is 72.9 Å². The quantitative estimate of drug-likeness (QED) is 0.400. The monoisotopic (exact) mass is 547 g/mol. The highest BCUT2D eigenvalue weighted by Gasteiger charge is 2.71. The van der Waals surface area contributed by atoms with Gasteiger partial charge in [0.15, 0.2) is 0 Å². The normalized spacial score (nSPS) is 23.2. The molecule has 0 bridgehead atoms. The molecule has 2 fully saturated rings. The average molecular weight is 548 g/mol. The number of ether oxygens (including phenoxy) is 3. The number of nitrogens with one attached hydrogen (secondary N) is 1. The summed E-state index contributed by atoms with van der Waals surface area (Å²) in [6.45, 7) is 5.67. The summed E-state index contributed by atoms with van der Waals surface area (Å²) in [4.78, 5) is 20.0. The predicted molar refractivity (Wildman–Crippen MR) is 151 cm³/mol. The number of carbonyl (C=O) groups is 1. The van der Waals surface area contributed by atoms with Crippen molar-refractivity contribution < 1.29 is 19.0 Å².